The lowest BCUT2D eigenvalue weighted by Gasteiger charge is -2.18. The van der Waals surface area contributed by atoms with Crippen molar-refractivity contribution in [2.75, 3.05) is 4.90 Å². The standard InChI is InChI=1S/C21H16ClNO/c22-17-11-12-19-18(13-17)20(16-9-5-2-6-10-16)21(24)23(19)14-15-7-3-1-4-8-15/h1-13,20H,14H2. The molecule has 118 valence electrons. The van der Waals surface area contributed by atoms with Crippen LogP contribution in [0.4, 0.5) is 5.69 Å². The number of halogens is 1. The van der Waals surface area contributed by atoms with Gasteiger partial charge in [-0.1, -0.05) is 72.3 Å². The highest BCUT2D eigenvalue weighted by molar-refractivity contribution is 6.31. The second-order valence-corrected chi connectivity index (χ2v) is 6.39. The van der Waals surface area contributed by atoms with Crippen molar-refractivity contribution in [3.63, 3.8) is 0 Å². The zero-order valence-corrected chi connectivity index (χ0v) is 13.8. The van der Waals surface area contributed by atoms with Crippen LogP contribution in [0.15, 0.2) is 78.9 Å². The lowest BCUT2D eigenvalue weighted by atomic mass is 9.93. The van der Waals surface area contributed by atoms with E-state index in [0.717, 1.165) is 22.4 Å². The highest BCUT2D eigenvalue weighted by Gasteiger charge is 2.38. The average molecular weight is 334 g/mol. The Balaban J connectivity index is 1.79. The minimum atomic E-state index is -0.288. The van der Waals surface area contributed by atoms with Gasteiger partial charge in [0.1, 0.15) is 0 Å². The van der Waals surface area contributed by atoms with Crippen LogP contribution in [0.2, 0.25) is 5.02 Å². The fraction of sp³-hybridized carbons (Fsp3) is 0.0952. The third kappa shape index (κ3) is 2.59. The van der Waals surface area contributed by atoms with Crippen LogP contribution in [0, 0.1) is 0 Å². The van der Waals surface area contributed by atoms with E-state index in [-0.39, 0.29) is 11.8 Å². The lowest BCUT2D eigenvalue weighted by molar-refractivity contribution is -0.118. The van der Waals surface area contributed by atoms with E-state index < -0.39 is 0 Å². The Morgan fingerprint density at radius 1 is 0.875 bits per heavy atom. The van der Waals surface area contributed by atoms with Crippen molar-refractivity contribution in [1.82, 2.24) is 0 Å². The van der Waals surface area contributed by atoms with E-state index in [9.17, 15) is 4.79 Å². The Labute approximate surface area is 146 Å². The molecule has 3 heteroatoms. The predicted molar refractivity (Wildman–Crippen MR) is 97.4 cm³/mol. The molecular formula is C21H16ClNO. The van der Waals surface area contributed by atoms with E-state index in [2.05, 4.69) is 0 Å². The van der Waals surface area contributed by atoms with Crippen molar-refractivity contribution in [3.8, 4) is 0 Å². The molecule has 0 saturated heterocycles. The normalized spacial score (nSPS) is 16.3. The van der Waals surface area contributed by atoms with E-state index >= 15 is 0 Å². The molecule has 1 amide bonds. The summed E-state index contributed by atoms with van der Waals surface area (Å²) in [6.07, 6.45) is 0. The summed E-state index contributed by atoms with van der Waals surface area (Å²) in [5, 5.41) is 0.657. The number of benzene rings is 3. The van der Waals surface area contributed by atoms with Gasteiger partial charge >= 0.3 is 0 Å². The predicted octanol–water partition coefficient (Wildman–Crippen LogP) is 5.02. The first-order valence-corrected chi connectivity index (χ1v) is 8.31. The van der Waals surface area contributed by atoms with E-state index in [1.54, 1.807) is 0 Å². The molecule has 0 radical (unpaired) electrons. The second-order valence-electron chi connectivity index (χ2n) is 5.96. The van der Waals surface area contributed by atoms with Gasteiger partial charge in [0.2, 0.25) is 5.91 Å². The first-order chi connectivity index (χ1) is 11.7. The number of rotatable bonds is 3. The molecule has 4 rings (SSSR count). The zero-order chi connectivity index (χ0) is 16.5. The summed E-state index contributed by atoms with van der Waals surface area (Å²) in [4.78, 5) is 15.0. The smallest absolute Gasteiger partial charge is 0.239 e. The topological polar surface area (TPSA) is 20.3 Å². The second kappa shape index (κ2) is 6.14. The molecule has 1 unspecified atom stereocenters. The number of carbonyl (C=O) groups is 1. The molecule has 2 nitrogen and oxygen atoms in total. The molecule has 1 heterocycles. The Hall–Kier alpha value is -2.58. The van der Waals surface area contributed by atoms with E-state index in [1.165, 1.54) is 0 Å². The number of hydrogen-bond acceptors (Lipinski definition) is 1. The van der Waals surface area contributed by atoms with E-state index in [0.29, 0.717) is 11.6 Å². The third-order valence-electron chi connectivity index (χ3n) is 4.42. The van der Waals surface area contributed by atoms with Gasteiger partial charge in [-0.15, -0.1) is 0 Å². The van der Waals surface area contributed by atoms with Crippen molar-refractivity contribution >= 4 is 23.2 Å². The molecule has 3 aromatic rings. The summed E-state index contributed by atoms with van der Waals surface area (Å²) in [5.41, 5.74) is 4.04. The largest absolute Gasteiger partial charge is 0.307 e. The summed E-state index contributed by atoms with van der Waals surface area (Å²) in [7, 11) is 0. The highest BCUT2D eigenvalue weighted by atomic mass is 35.5. The first kappa shape index (κ1) is 15.0. The van der Waals surface area contributed by atoms with E-state index in [1.807, 2.05) is 83.8 Å². The molecule has 1 aliphatic heterocycles. The SMILES string of the molecule is O=C1C(c2ccccc2)c2cc(Cl)ccc2N1Cc1ccccc1. The number of nitrogens with zero attached hydrogens (tertiary/aromatic N) is 1. The molecule has 0 saturated carbocycles. The summed E-state index contributed by atoms with van der Waals surface area (Å²) in [6, 6.07) is 25.6. The van der Waals surface area contributed by atoms with Crippen LogP contribution < -0.4 is 4.90 Å². The number of hydrogen-bond donors (Lipinski definition) is 0. The molecule has 0 aromatic heterocycles. The molecule has 1 aliphatic rings. The quantitative estimate of drug-likeness (QED) is 0.659. The highest BCUT2D eigenvalue weighted by Crippen LogP contribution is 2.42. The molecule has 0 spiro atoms. The van der Waals surface area contributed by atoms with Crippen molar-refractivity contribution < 1.29 is 4.79 Å². The third-order valence-corrected chi connectivity index (χ3v) is 4.66. The van der Waals surface area contributed by atoms with Crippen LogP contribution >= 0.6 is 11.6 Å². The Morgan fingerprint density at radius 2 is 1.54 bits per heavy atom. The first-order valence-electron chi connectivity index (χ1n) is 7.94. The van der Waals surface area contributed by atoms with Crippen molar-refractivity contribution in [2.24, 2.45) is 0 Å². The maximum atomic E-state index is 13.2. The summed E-state index contributed by atoms with van der Waals surface area (Å²) in [5.74, 6) is -0.189. The lowest BCUT2D eigenvalue weighted by Crippen LogP contribution is -2.28. The molecule has 3 aromatic carbocycles. The van der Waals surface area contributed by atoms with Gasteiger partial charge in [0.25, 0.3) is 0 Å². The van der Waals surface area contributed by atoms with Crippen molar-refractivity contribution in [2.45, 2.75) is 12.5 Å². The summed E-state index contributed by atoms with van der Waals surface area (Å²) in [6.45, 7) is 0.567. The van der Waals surface area contributed by atoms with Crippen LogP contribution in [-0.4, -0.2) is 5.91 Å². The summed E-state index contributed by atoms with van der Waals surface area (Å²) < 4.78 is 0. The Kier molecular flexibility index (Phi) is 3.83. The number of carbonyl (C=O) groups excluding carboxylic acids is 1. The number of fused-ring (bicyclic) bond motifs is 1. The minimum Gasteiger partial charge on any atom is -0.307 e. The molecule has 24 heavy (non-hydrogen) atoms. The molecular weight excluding hydrogens is 318 g/mol. The van der Waals surface area contributed by atoms with Crippen LogP contribution in [0.3, 0.4) is 0 Å². The van der Waals surface area contributed by atoms with Gasteiger partial charge in [-0.25, -0.2) is 0 Å². The zero-order valence-electron chi connectivity index (χ0n) is 13.0. The van der Waals surface area contributed by atoms with Gasteiger partial charge in [0.15, 0.2) is 0 Å². The molecule has 1 atom stereocenters. The average Bonchev–Trinajstić information content (AvgIpc) is 2.88. The van der Waals surface area contributed by atoms with Gasteiger partial charge in [0, 0.05) is 10.7 Å². The van der Waals surface area contributed by atoms with Crippen molar-refractivity contribution in [1.29, 1.82) is 0 Å². The molecule has 0 N–H and O–H groups in total. The van der Waals surface area contributed by atoms with Gasteiger partial charge in [0.05, 0.1) is 12.5 Å². The fourth-order valence-electron chi connectivity index (χ4n) is 3.31. The Morgan fingerprint density at radius 3 is 2.25 bits per heavy atom. The van der Waals surface area contributed by atoms with Crippen LogP contribution in [-0.2, 0) is 11.3 Å². The van der Waals surface area contributed by atoms with Gasteiger partial charge in [-0.05, 0) is 34.9 Å². The van der Waals surface area contributed by atoms with E-state index in [4.69, 9.17) is 11.6 Å². The number of anilines is 1. The van der Waals surface area contributed by atoms with Gasteiger partial charge < -0.3 is 4.90 Å². The molecule has 0 fully saturated rings. The van der Waals surface area contributed by atoms with Gasteiger partial charge in [-0.3, -0.25) is 4.79 Å². The number of amides is 1. The molecule has 0 aliphatic carbocycles. The van der Waals surface area contributed by atoms with Crippen LogP contribution in [0.25, 0.3) is 0 Å². The van der Waals surface area contributed by atoms with Gasteiger partial charge in [-0.2, -0.15) is 0 Å². The van der Waals surface area contributed by atoms with Crippen LogP contribution in [0.5, 0.6) is 0 Å². The fourth-order valence-corrected chi connectivity index (χ4v) is 3.49. The summed E-state index contributed by atoms with van der Waals surface area (Å²) >= 11 is 6.20. The Bertz CT molecular complexity index is 877. The maximum Gasteiger partial charge on any atom is 0.239 e. The monoisotopic (exact) mass is 333 g/mol. The molecule has 0 bridgehead atoms. The maximum absolute atomic E-state index is 13.2. The van der Waals surface area contributed by atoms with Crippen molar-refractivity contribution in [3.05, 3.63) is 101 Å². The van der Waals surface area contributed by atoms with Crippen LogP contribution in [0.1, 0.15) is 22.6 Å². The minimum absolute atomic E-state index is 0.0994.